The van der Waals surface area contributed by atoms with Crippen LogP contribution in [0.25, 0.3) is 0 Å². The van der Waals surface area contributed by atoms with Crippen molar-refractivity contribution in [3.8, 4) is 0 Å². The zero-order valence-electron chi connectivity index (χ0n) is 9.69. The third kappa shape index (κ3) is 2.11. The van der Waals surface area contributed by atoms with Crippen molar-refractivity contribution < 1.29 is 4.79 Å². The molecule has 0 saturated carbocycles. The highest BCUT2D eigenvalue weighted by Gasteiger charge is 2.18. The molecule has 0 aliphatic rings. The lowest BCUT2D eigenvalue weighted by Crippen LogP contribution is -2.26. The maximum atomic E-state index is 11.8. The van der Waals surface area contributed by atoms with Crippen molar-refractivity contribution in [2.45, 2.75) is 26.8 Å². The number of hydrogen-bond acceptors (Lipinski definition) is 3. The molecule has 2 N–H and O–H groups in total. The number of aromatic nitrogens is 2. The number of rotatable bonds is 3. The SMILES string of the molecule is CCN(C)C(=O)c1cnn(C(C)C)c1N. The van der Waals surface area contributed by atoms with Gasteiger partial charge in [-0.15, -0.1) is 0 Å². The molecule has 0 aromatic carbocycles. The fourth-order valence-electron chi connectivity index (χ4n) is 1.30. The van der Waals surface area contributed by atoms with E-state index < -0.39 is 0 Å². The molecule has 15 heavy (non-hydrogen) atoms. The second-order valence-electron chi connectivity index (χ2n) is 3.80. The van der Waals surface area contributed by atoms with E-state index in [1.54, 1.807) is 16.6 Å². The molecule has 5 heteroatoms. The molecule has 1 amide bonds. The minimum atomic E-state index is -0.0816. The minimum absolute atomic E-state index is 0.0816. The summed E-state index contributed by atoms with van der Waals surface area (Å²) in [6.07, 6.45) is 1.53. The van der Waals surface area contributed by atoms with Crippen molar-refractivity contribution in [3.63, 3.8) is 0 Å². The molecule has 0 unspecified atom stereocenters. The van der Waals surface area contributed by atoms with E-state index in [-0.39, 0.29) is 11.9 Å². The summed E-state index contributed by atoms with van der Waals surface area (Å²) in [6.45, 7) is 6.52. The normalized spacial score (nSPS) is 10.7. The second-order valence-corrected chi connectivity index (χ2v) is 3.80. The molecule has 0 fully saturated rings. The van der Waals surface area contributed by atoms with E-state index in [9.17, 15) is 4.79 Å². The van der Waals surface area contributed by atoms with Crippen molar-refractivity contribution >= 4 is 11.7 Å². The Morgan fingerprint density at radius 2 is 2.27 bits per heavy atom. The van der Waals surface area contributed by atoms with Crippen molar-refractivity contribution in [2.24, 2.45) is 0 Å². The number of carbonyl (C=O) groups is 1. The van der Waals surface area contributed by atoms with Crippen LogP contribution >= 0.6 is 0 Å². The van der Waals surface area contributed by atoms with E-state index in [0.29, 0.717) is 17.9 Å². The van der Waals surface area contributed by atoms with Crippen LogP contribution < -0.4 is 5.73 Å². The number of nitrogens with two attached hydrogens (primary N) is 1. The summed E-state index contributed by atoms with van der Waals surface area (Å²) in [6, 6.07) is 0.165. The van der Waals surface area contributed by atoms with Crippen LogP contribution in [0.4, 0.5) is 5.82 Å². The van der Waals surface area contributed by atoms with Crippen LogP contribution in [-0.2, 0) is 0 Å². The van der Waals surface area contributed by atoms with Crippen LogP contribution in [0.1, 0.15) is 37.2 Å². The quantitative estimate of drug-likeness (QED) is 0.813. The Kier molecular flexibility index (Phi) is 3.34. The van der Waals surface area contributed by atoms with Gasteiger partial charge in [-0.1, -0.05) is 0 Å². The average molecular weight is 210 g/mol. The van der Waals surface area contributed by atoms with Gasteiger partial charge in [0.25, 0.3) is 5.91 Å². The van der Waals surface area contributed by atoms with Crippen LogP contribution in [0.15, 0.2) is 6.20 Å². The molecule has 84 valence electrons. The molecule has 0 saturated heterocycles. The highest BCUT2D eigenvalue weighted by Crippen LogP contribution is 2.17. The summed E-state index contributed by atoms with van der Waals surface area (Å²) < 4.78 is 1.65. The van der Waals surface area contributed by atoms with Gasteiger partial charge in [0, 0.05) is 19.6 Å². The zero-order valence-corrected chi connectivity index (χ0v) is 9.69. The highest BCUT2D eigenvalue weighted by molar-refractivity contribution is 5.98. The van der Waals surface area contributed by atoms with Crippen molar-refractivity contribution in [1.82, 2.24) is 14.7 Å². The number of nitrogens with zero attached hydrogens (tertiary/aromatic N) is 3. The molecule has 1 aromatic heterocycles. The van der Waals surface area contributed by atoms with E-state index in [2.05, 4.69) is 5.10 Å². The minimum Gasteiger partial charge on any atom is -0.383 e. The lowest BCUT2D eigenvalue weighted by molar-refractivity contribution is 0.0803. The third-order valence-corrected chi connectivity index (χ3v) is 2.37. The van der Waals surface area contributed by atoms with Gasteiger partial charge in [-0.25, -0.2) is 4.68 Å². The van der Waals surface area contributed by atoms with Gasteiger partial charge in [0.1, 0.15) is 11.4 Å². The number of anilines is 1. The van der Waals surface area contributed by atoms with Crippen LogP contribution in [0.2, 0.25) is 0 Å². The number of amides is 1. The third-order valence-electron chi connectivity index (χ3n) is 2.37. The van der Waals surface area contributed by atoms with Gasteiger partial charge in [0.15, 0.2) is 0 Å². The Morgan fingerprint density at radius 1 is 1.67 bits per heavy atom. The van der Waals surface area contributed by atoms with Gasteiger partial charge in [-0.3, -0.25) is 4.79 Å². The van der Waals surface area contributed by atoms with Crippen LogP contribution in [0, 0.1) is 0 Å². The Balaban J connectivity index is 3.01. The Labute approximate surface area is 89.9 Å². The molecule has 0 atom stereocenters. The van der Waals surface area contributed by atoms with Gasteiger partial charge in [-0.05, 0) is 20.8 Å². The van der Waals surface area contributed by atoms with Gasteiger partial charge in [0.2, 0.25) is 0 Å². The maximum Gasteiger partial charge on any atom is 0.258 e. The van der Waals surface area contributed by atoms with Gasteiger partial charge in [0.05, 0.1) is 6.20 Å². The average Bonchev–Trinajstić information content (AvgIpc) is 2.57. The molecule has 1 rings (SSSR count). The van der Waals surface area contributed by atoms with Gasteiger partial charge >= 0.3 is 0 Å². The van der Waals surface area contributed by atoms with Crippen molar-refractivity contribution in [3.05, 3.63) is 11.8 Å². The first-order chi connectivity index (χ1) is 6.99. The van der Waals surface area contributed by atoms with Gasteiger partial charge in [-0.2, -0.15) is 5.10 Å². The molecular formula is C10H18N4O. The van der Waals surface area contributed by atoms with Gasteiger partial charge < -0.3 is 10.6 Å². The molecule has 0 spiro atoms. The molecule has 5 nitrogen and oxygen atoms in total. The first-order valence-electron chi connectivity index (χ1n) is 5.07. The predicted octanol–water partition coefficient (Wildman–Crippen LogP) is 1.14. The maximum absolute atomic E-state index is 11.8. The topological polar surface area (TPSA) is 64.2 Å². The summed E-state index contributed by atoms with van der Waals surface area (Å²) in [5.74, 6) is 0.359. The van der Waals surface area contributed by atoms with Crippen LogP contribution in [-0.4, -0.2) is 34.2 Å². The Morgan fingerprint density at radius 3 is 2.67 bits per heavy atom. The lowest BCUT2D eigenvalue weighted by atomic mass is 10.3. The van der Waals surface area contributed by atoms with E-state index >= 15 is 0 Å². The summed E-state index contributed by atoms with van der Waals surface area (Å²) in [4.78, 5) is 13.4. The smallest absolute Gasteiger partial charge is 0.258 e. The first kappa shape index (κ1) is 11.6. The largest absolute Gasteiger partial charge is 0.383 e. The number of hydrogen-bond donors (Lipinski definition) is 1. The number of nitrogen functional groups attached to an aromatic ring is 1. The highest BCUT2D eigenvalue weighted by atomic mass is 16.2. The zero-order chi connectivity index (χ0) is 11.6. The lowest BCUT2D eigenvalue weighted by Gasteiger charge is -2.14. The Bertz CT molecular complexity index is 356. The molecule has 0 radical (unpaired) electrons. The summed E-state index contributed by atoms with van der Waals surface area (Å²) in [7, 11) is 1.74. The fraction of sp³-hybridized carbons (Fsp3) is 0.600. The summed E-state index contributed by atoms with van der Waals surface area (Å²) >= 11 is 0. The molecule has 0 aliphatic carbocycles. The van der Waals surface area contributed by atoms with Crippen molar-refractivity contribution in [2.75, 3.05) is 19.3 Å². The first-order valence-corrected chi connectivity index (χ1v) is 5.07. The van der Waals surface area contributed by atoms with E-state index in [0.717, 1.165) is 0 Å². The van der Waals surface area contributed by atoms with E-state index in [4.69, 9.17) is 5.73 Å². The number of carbonyl (C=O) groups excluding carboxylic acids is 1. The molecule has 0 bridgehead atoms. The van der Waals surface area contributed by atoms with Crippen LogP contribution in [0.3, 0.4) is 0 Å². The van der Waals surface area contributed by atoms with Crippen LogP contribution in [0.5, 0.6) is 0 Å². The summed E-state index contributed by atoms with van der Waals surface area (Å²) in [5, 5.41) is 4.10. The predicted molar refractivity (Wildman–Crippen MR) is 59.7 cm³/mol. The Hall–Kier alpha value is -1.52. The van der Waals surface area contributed by atoms with E-state index in [1.165, 1.54) is 6.20 Å². The second kappa shape index (κ2) is 4.33. The monoisotopic (exact) mass is 210 g/mol. The van der Waals surface area contributed by atoms with Crippen molar-refractivity contribution in [1.29, 1.82) is 0 Å². The molecule has 1 aromatic rings. The molecule has 0 aliphatic heterocycles. The van der Waals surface area contributed by atoms with E-state index in [1.807, 2.05) is 20.8 Å². The standard InChI is InChI=1S/C10H18N4O/c1-5-13(4)10(15)8-6-12-14(7(2)3)9(8)11/h6-7H,5,11H2,1-4H3. The molecule has 1 heterocycles. The summed E-state index contributed by atoms with van der Waals surface area (Å²) in [5.41, 5.74) is 6.33. The molecular weight excluding hydrogens is 192 g/mol. The fourth-order valence-corrected chi connectivity index (χ4v) is 1.30.